The Morgan fingerprint density at radius 2 is 1.77 bits per heavy atom. The maximum absolute atomic E-state index is 9.35. The second-order valence-electron chi connectivity index (χ2n) is 2.36. The highest BCUT2D eigenvalue weighted by Gasteiger charge is 2.05. The molecule has 2 nitrogen and oxygen atoms in total. The summed E-state index contributed by atoms with van der Waals surface area (Å²) in [5.74, 6) is 5.12. The summed E-state index contributed by atoms with van der Waals surface area (Å²) in [6.07, 6.45) is 10.4. The van der Waals surface area contributed by atoms with Crippen molar-refractivity contribution in [3.8, 4) is 36.2 Å². The third-order valence-electron chi connectivity index (χ3n) is 1.63. The highest BCUT2D eigenvalue weighted by molar-refractivity contribution is 5.57. The first-order valence-corrected chi connectivity index (χ1v) is 3.57. The summed E-state index contributed by atoms with van der Waals surface area (Å²) in [7, 11) is 1.45. The van der Waals surface area contributed by atoms with Crippen molar-refractivity contribution < 1.29 is 9.84 Å². The summed E-state index contributed by atoms with van der Waals surface area (Å²) in [6.45, 7) is 0. The Morgan fingerprint density at radius 1 is 1.23 bits per heavy atom. The fourth-order valence-corrected chi connectivity index (χ4v) is 0.971. The van der Waals surface area contributed by atoms with Crippen LogP contribution in [0.1, 0.15) is 11.1 Å². The standard InChI is InChI=1S/C11H8O2/c1-4-8-6-10(12)11(13-3)7-9(8)5-2/h1-2,6-7,12H,3H3. The normalized spacial score (nSPS) is 8.54. The molecule has 0 amide bonds. The third kappa shape index (κ3) is 1.58. The van der Waals surface area contributed by atoms with Gasteiger partial charge in [0.05, 0.1) is 7.11 Å². The van der Waals surface area contributed by atoms with Crippen molar-refractivity contribution in [2.45, 2.75) is 0 Å². The molecule has 0 atom stereocenters. The van der Waals surface area contributed by atoms with Crippen molar-refractivity contribution >= 4 is 0 Å². The fourth-order valence-electron chi connectivity index (χ4n) is 0.971. The van der Waals surface area contributed by atoms with E-state index in [1.807, 2.05) is 0 Å². The smallest absolute Gasteiger partial charge is 0.161 e. The average molecular weight is 172 g/mol. The van der Waals surface area contributed by atoms with Crippen LogP contribution in [0.25, 0.3) is 0 Å². The minimum atomic E-state index is -0.00514. The molecule has 0 radical (unpaired) electrons. The van der Waals surface area contributed by atoms with Crippen molar-refractivity contribution in [1.82, 2.24) is 0 Å². The summed E-state index contributed by atoms with van der Waals surface area (Å²) in [6, 6.07) is 2.94. The van der Waals surface area contributed by atoms with Crippen LogP contribution in [0.3, 0.4) is 0 Å². The van der Waals surface area contributed by atoms with Gasteiger partial charge in [0.2, 0.25) is 0 Å². The van der Waals surface area contributed by atoms with Gasteiger partial charge in [0, 0.05) is 23.3 Å². The molecule has 1 N–H and O–H groups in total. The van der Waals surface area contributed by atoms with Gasteiger partial charge >= 0.3 is 0 Å². The van der Waals surface area contributed by atoms with Gasteiger partial charge in [-0.1, -0.05) is 11.8 Å². The second kappa shape index (κ2) is 3.56. The molecule has 0 fully saturated rings. The van der Waals surface area contributed by atoms with Gasteiger partial charge in [-0.2, -0.15) is 0 Å². The zero-order chi connectivity index (χ0) is 9.84. The number of hydrogen-bond acceptors (Lipinski definition) is 2. The summed E-state index contributed by atoms with van der Waals surface area (Å²) in [5.41, 5.74) is 1.03. The number of benzene rings is 1. The number of phenols is 1. The lowest BCUT2D eigenvalue weighted by Gasteiger charge is -2.05. The van der Waals surface area contributed by atoms with E-state index in [1.165, 1.54) is 19.2 Å². The van der Waals surface area contributed by atoms with Crippen LogP contribution in [0.5, 0.6) is 11.5 Å². The Morgan fingerprint density at radius 3 is 2.23 bits per heavy atom. The number of terminal acetylenes is 2. The number of methoxy groups -OCH3 is 1. The van der Waals surface area contributed by atoms with Crippen LogP contribution >= 0.6 is 0 Å². The Bertz CT molecular complexity index is 405. The molecule has 0 aliphatic carbocycles. The van der Waals surface area contributed by atoms with Crippen LogP contribution in [0.15, 0.2) is 12.1 Å². The summed E-state index contributed by atoms with van der Waals surface area (Å²) >= 11 is 0. The van der Waals surface area contributed by atoms with Crippen LogP contribution in [-0.2, 0) is 0 Å². The number of aromatic hydroxyl groups is 1. The molecule has 2 heteroatoms. The molecule has 13 heavy (non-hydrogen) atoms. The van der Waals surface area contributed by atoms with Crippen LogP contribution in [0.4, 0.5) is 0 Å². The molecule has 0 bridgehead atoms. The molecule has 1 rings (SSSR count). The van der Waals surface area contributed by atoms with E-state index in [0.717, 1.165) is 0 Å². The lowest BCUT2D eigenvalue weighted by atomic mass is 10.1. The Balaban J connectivity index is 3.39. The summed E-state index contributed by atoms with van der Waals surface area (Å²) in [4.78, 5) is 0. The minimum Gasteiger partial charge on any atom is -0.504 e. The number of hydrogen-bond donors (Lipinski definition) is 1. The largest absolute Gasteiger partial charge is 0.504 e. The number of ether oxygens (including phenoxy) is 1. The van der Waals surface area contributed by atoms with E-state index in [2.05, 4.69) is 11.8 Å². The van der Waals surface area contributed by atoms with Gasteiger partial charge in [-0.3, -0.25) is 0 Å². The van der Waals surface area contributed by atoms with Gasteiger partial charge in [0.1, 0.15) is 0 Å². The molecule has 1 aromatic carbocycles. The molecule has 0 aliphatic heterocycles. The summed E-state index contributed by atoms with van der Waals surface area (Å²) in [5, 5.41) is 9.35. The van der Waals surface area contributed by atoms with Crippen LogP contribution in [-0.4, -0.2) is 12.2 Å². The quantitative estimate of drug-likeness (QED) is 0.648. The number of phenolic OH excluding ortho intramolecular Hbond substituents is 1. The molecular formula is C11H8O2. The molecule has 0 aliphatic rings. The summed E-state index contributed by atoms with van der Waals surface area (Å²) < 4.78 is 4.87. The van der Waals surface area contributed by atoms with Gasteiger partial charge in [0.25, 0.3) is 0 Å². The predicted molar refractivity (Wildman–Crippen MR) is 50.5 cm³/mol. The fraction of sp³-hybridized carbons (Fsp3) is 0.0909. The predicted octanol–water partition coefficient (Wildman–Crippen LogP) is 1.36. The minimum absolute atomic E-state index is 0.00514. The molecule has 64 valence electrons. The Hall–Kier alpha value is -2.06. The van der Waals surface area contributed by atoms with E-state index in [-0.39, 0.29) is 5.75 Å². The van der Waals surface area contributed by atoms with Gasteiger partial charge < -0.3 is 9.84 Å². The molecule has 1 aromatic rings. The van der Waals surface area contributed by atoms with E-state index in [1.54, 1.807) is 0 Å². The third-order valence-corrected chi connectivity index (χ3v) is 1.63. The maximum Gasteiger partial charge on any atom is 0.161 e. The molecule has 0 aromatic heterocycles. The molecule has 0 saturated heterocycles. The Labute approximate surface area is 77.2 Å². The molecule has 0 spiro atoms. The lowest BCUT2D eigenvalue weighted by molar-refractivity contribution is 0.373. The van der Waals surface area contributed by atoms with Crippen LogP contribution in [0, 0.1) is 24.7 Å². The van der Waals surface area contributed by atoms with Crippen molar-refractivity contribution in [2.24, 2.45) is 0 Å². The van der Waals surface area contributed by atoms with E-state index < -0.39 is 0 Å². The average Bonchev–Trinajstić information content (AvgIpc) is 2.17. The van der Waals surface area contributed by atoms with Crippen molar-refractivity contribution in [1.29, 1.82) is 0 Å². The van der Waals surface area contributed by atoms with E-state index >= 15 is 0 Å². The monoisotopic (exact) mass is 172 g/mol. The second-order valence-corrected chi connectivity index (χ2v) is 2.36. The first kappa shape index (κ1) is 9.03. The lowest BCUT2D eigenvalue weighted by Crippen LogP contribution is -1.88. The molecule has 0 unspecified atom stereocenters. The zero-order valence-electron chi connectivity index (χ0n) is 7.16. The van der Waals surface area contributed by atoms with E-state index in [9.17, 15) is 5.11 Å². The highest BCUT2D eigenvalue weighted by Crippen LogP contribution is 2.28. The maximum atomic E-state index is 9.35. The van der Waals surface area contributed by atoms with Crippen molar-refractivity contribution in [3.63, 3.8) is 0 Å². The van der Waals surface area contributed by atoms with E-state index in [0.29, 0.717) is 16.9 Å². The van der Waals surface area contributed by atoms with Gasteiger partial charge in [-0.15, -0.1) is 12.8 Å². The molecule has 0 saturated carbocycles. The topological polar surface area (TPSA) is 29.5 Å². The van der Waals surface area contributed by atoms with E-state index in [4.69, 9.17) is 17.6 Å². The molecular weight excluding hydrogens is 164 g/mol. The Kier molecular flexibility index (Phi) is 2.47. The first-order chi connectivity index (χ1) is 6.22. The zero-order valence-corrected chi connectivity index (χ0v) is 7.16. The SMILES string of the molecule is C#Cc1cc(O)c(OC)cc1C#C. The number of rotatable bonds is 1. The first-order valence-electron chi connectivity index (χ1n) is 3.57. The van der Waals surface area contributed by atoms with Gasteiger partial charge in [0.15, 0.2) is 11.5 Å². The van der Waals surface area contributed by atoms with Crippen LogP contribution in [0.2, 0.25) is 0 Å². The van der Waals surface area contributed by atoms with Gasteiger partial charge in [-0.25, -0.2) is 0 Å². The highest BCUT2D eigenvalue weighted by atomic mass is 16.5. The van der Waals surface area contributed by atoms with Gasteiger partial charge in [-0.05, 0) is 0 Å². The van der Waals surface area contributed by atoms with Crippen LogP contribution < -0.4 is 4.74 Å². The van der Waals surface area contributed by atoms with Crippen molar-refractivity contribution in [2.75, 3.05) is 7.11 Å². The molecule has 0 heterocycles. The van der Waals surface area contributed by atoms with Crippen molar-refractivity contribution in [3.05, 3.63) is 23.3 Å².